The van der Waals surface area contributed by atoms with Gasteiger partial charge in [-0.25, -0.2) is 4.98 Å². The summed E-state index contributed by atoms with van der Waals surface area (Å²) in [5, 5.41) is 2.08. The minimum Gasteiger partial charge on any atom is -0.479 e. The van der Waals surface area contributed by atoms with Gasteiger partial charge in [0, 0.05) is 4.88 Å². The highest BCUT2D eigenvalue weighted by Gasteiger charge is 2.24. The van der Waals surface area contributed by atoms with Gasteiger partial charge in [-0.1, -0.05) is 19.9 Å². The first kappa shape index (κ1) is 14.2. The molecule has 0 saturated carbocycles. The average Bonchev–Trinajstić information content (AvgIpc) is 3.08. The third-order valence-electron chi connectivity index (χ3n) is 3.41. The fourth-order valence-corrected chi connectivity index (χ4v) is 3.83. The Hall–Kier alpha value is -1.73. The van der Waals surface area contributed by atoms with Crippen LogP contribution in [0, 0.1) is 10.7 Å². The molecule has 0 amide bonds. The maximum absolute atomic E-state index is 5.52. The lowest BCUT2D eigenvalue weighted by Gasteiger charge is -2.21. The zero-order valence-electron chi connectivity index (χ0n) is 12.0. The first-order valence-electron chi connectivity index (χ1n) is 6.66. The number of fused-ring (bicyclic) bond motifs is 1. The quantitative estimate of drug-likeness (QED) is 0.743. The first-order chi connectivity index (χ1) is 10.1. The fraction of sp³-hybridized carbons (Fsp3) is 0.357. The van der Waals surface area contributed by atoms with E-state index in [1.807, 2.05) is 0 Å². The van der Waals surface area contributed by atoms with Gasteiger partial charge in [-0.2, -0.15) is 4.98 Å². The standard InChI is InChI=1S/C14H16N4OS2/c1-8(2)11(9-5-4-6-21-9)18-12-10(17-14(18)20)13(19-3)16-7-15-12/h4-8,11H,1-3H3,(H,17,20). The number of hydrogen-bond donors (Lipinski definition) is 1. The van der Waals surface area contributed by atoms with Crippen LogP contribution >= 0.6 is 23.6 Å². The van der Waals surface area contributed by atoms with Gasteiger partial charge in [-0.05, 0) is 29.6 Å². The normalized spacial score (nSPS) is 13.0. The van der Waals surface area contributed by atoms with Crippen molar-refractivity contribution in [1.29, 1.82) is 0 Å². The van der Waals surface area contributed by atoms with Crippen LogP contribution in [0.1, 0.15) is 24.8 Å². The minimum absolute atomic E-state index is 0.144. The molecule has 7 heteroatoms. The number of aromatic amines is 1. The maximum atomic E-state index is 5.52. The number of ether oxygens (including phenoxy) is 1. The fourth-order valence-electron chi connectivity index (χ4n) is 2.54. The molecule has 0 saturated heterocycles. The summed E-state index contributed by atoms with van der Waals surface area (Å²) in [6.45, 7) is 4.37. The van der Waals surface area contributed by atoms with Crippen molar-refractivity contribution in [2.75, 3.05) is 7.11 Å². The lowest BCUT2D eigenvalue weighted by molar-refractivity contribution is 0.401. The Bertz CT molecular complexity index is 804. The van der Waals surface area contributed by atoms with Gasteiger partial charge in [0.1, 0.15) is 11.8 Å². The number of methoxy groups -OCH3 is 1. The maximum Gasteiger partial charge on any atom is 0.242 e. The molecule has 0 aliphatic rings. The highest BCUT2D eigenvalue weighted by Crippen LogP contribution is 2.33. The molecule has 0 fully saturated rings. The van der Waals surface area contributed by atoms with Crippen LogP contribution in [0.25, 0.3) is 11.2 Å². The molecule has 1 unspecified atom stereocenters. The van der Waals surface area contributed by atoms with Crippen molar-refractivity contribution in [3.63, 3.8) is 0 Å². The summed E-state index contributed by atoms with van der Waals surface area (Å²) in [4.78, 5) is 13.0. The van der Waals surface area contributed by atoms with Crippen LogP contribution in [0.4, 0.5) is 0 Å². The van der Waals surface area contributed by atoms with E-state index in [2.05, 4.69) is 50.9 Å². The van der Waals surface area contributed by atoms with Crippen molar-refractivity contribution in [2.45, 2.75) is 19.9 Å². The Kier molecular flexibility index (Phi) is 3.77. The molecule has 1 atom stereocenters. The van der Waals surface area contributed by atoms with E-state index in [9.17, 15) is 0 Å². The highest BCUT2D eigenvalue weighted by atomic mass is 32.1. The van der Waals surface area contributed by atoms with E-state index < -0.39 is 0 Å². The lowest BCUT2D eigenvalue weighted by atomic mass is 10.0. The molecule has 0 radical (unpaired) electrons. The van der Waals surface area contributed by atoms with Gasteiger partial charge >= 0.3 is 0 Å². The van der Waals surface area contributed by atoms with Crippen molar-refractivity contribution in [3.8, 4) is 5.88 Å². The van der Waals surface area contributed by atoms with Crippen LogP contribution in [0.2, 0.25) is 0 Å². The van der Waals surface area contributed by atoms with Crippen molar-refractivity contribution in [3.05, 3.63) is 33.5 Å². The van der Waals surface area contributed by atoms with Crippen LogP contribution in [0.5, 0.6) is 5.88 Å². The first-order valence-corrected chi connectivity index (χ1v) is 7.95. The van der Waals surface area contributed by atoms with E-state index in [1.54, 1.807) is 18.4 Å². The molecule has 110 valence electrons. The number of H-pyrrole nitrogens is 1. The van der Waals surface area contributed by atoms with Crippen molar-refractivity contribution >= 4 is 34.7 Å². The molecule has 3 aromatic rings. The topological polar surface area (TPSA) is 55.7 Å². The molecular formula is C14H16N4OS2. The van der Waals surface area contributed by atoms with Crippen molar-refractivity contribution in [2.24, 2.45) is 5.92 Å². The second-order valence-electron chi connectivity index (χ2n) is 5.09. The highest BCUT2D eigenvalue weighted by molar-refractivity contribution is 7.71. The summed E-state index contributed by atoms with van der Waals surface area (Å²) >= 11 is 7.25. The van der Waals surface area contributed by atoms with Gasteiger partial charge < -0.3 is 9.72 Å². The van der Waals surface area contributed by atoms with Gasteiger partial charge in [-0.3, -0.25) is 4.57 Å². The average molecular weight is 320 g/mol. The van der Waals surface area contributed by atoms with Gasteiger partial charge in [0.25, 0.3) is 0 Å². The molecule has 0 aromatic carbocycles. The van der Waals surface area contributed by atoms with Crippen LogP contribution in [0.15, 0.2) is 23.8 Å². The molecular weight excluding hydrogens is 304 g/mol. The van der Waals surface area contributed by atoms with Gasteiger partial charge in [0.15, 0.2) is 10.4 Å². The summed E-state index contributed by atoms with van der Waals surface area (Å²) in [5.74, 6) is 0.897. The van der Waals surface area contributed by atoms with Crippen LogP contribution in [0.3, 0.4) is 0 Å². The van der Waals surface area contributed by atoms with E-state index >= 15 is 0 Å². The Labute approximate surface area is 131 Å². The largest absolute Gasteiger partial charge is 0.479 e. The van der Waals surface area contributed by atoms with Gasteiger partial charge in [0.2, 0.25) is 5.88 Å². The molecule has 3 heterocycles. The van der Waals surface area contributed by atoms with Crippen molar-refractivity contribution < 1.29 is 4.74 Å². The molecule has 0 spiro atoms. The van der Waals surface area contributed by atoms with Crippen LogP contribution < -0.4 is 4.74 Å². The number of nitrogens with one attached hydrogen (secondary N) is 1. The van der Waals surface area contributed by atoms with E-state index in [-0.39, 0.29) is 6.04 Å². The summed E-state index contributed by atoms with van der Waals surface area (Å²) in [7, 11) is 1.59. The smallest absolute Gasteiger partial charge is 0.242 e. The number of thiophene rings is 1. The number of imidazole rings is 1. The van der Waals surface area contributed by atoms with Crippen LogP contribution in [-0.2, 0) is 0 Å². The Balaban J connectivity index is 2.28. The molecule has 0 aliphatic carbocycles. The third-order valence-corrected chi connectivity index (χ3v) is 4.65. The van der Waals surface area contributed by atoms with Crippen molar-refractivity contribution in [1.82, 2.24) is 19.5 Å². The van der Waals surface area contributed by atoms with Gasteiger partial charge in [0.05, 0.1) is 13.2 Å². The molecule has 3 rings (SSSR count). The third kappa shape index (κ3) is 2.36. The summed E-state index contributed by atoms with van der Waals surface area (Å²) < 4.78 is 7.98. The zero-order chi connectivity index (χ0) is 15.0. The van der Waals surface area contributed by atoms with Gasteiger partial charge in [-0.15, -0.1) is 11.3 Å². The lowest BCUT2D eigenvalue weighted by Crippen LogP contribution is -2.16. The van der Waals surface area contributed by atoms with E-state index in [1.165, 1.54) is 11.2 Å². The summed E-state index contributed by atoms with van der Waals surface area (Å²) in [6.07, 6.45) is 1.51. The van der Waals surface area contributed by atoms with E-state index in [4.69, 9.17) is 17.0 Å². The van der Waals surface area contributed by atoms with E-state index in [0.29, 0.717) is 16.6 Å². The molecule has 3 aromatic heterocycles. The second kappa shape index (κ2) is 5.57. The SMILES string of the molecule is COc1ncnc2c1[nH]c(=S)n2C(c1cccs1)C(C)C. The minimum atomic E-state index is 0.144. The number of aromatic nitrogens is 4. The Morgan fingerprint density at radius 3 is 2.81 bits per heavy atom. The predicted octanol–water partition coefficient (Wildman–Crippen LogP) is 3.80. The van der Waals surface area contributed by atoms with Crippen LogP contribution in [-0.4, -0.2) is 26.6 Å². The summed E-state index contributed by atoms with van der Waals surface area (Å²) in [5.41, 5.74) is 1.52. The monoisotopic (exact) mass is 320 g/mol. The Morgan fingerprint density at radius 2 is 2.19 bits per heavy atom. The number of rotatable bonds is 4. The predicted molar refractivity (Wildman–Crippen MR) is 86.6 cm³/mol. The number of nitrogens with zero attached hydrogens (tertiary/aromatic N) is 3. The second-order valence-corrected chi connectivity index (χ2v) is 6.45. The molecule has 21 heavy (non-hydrogen) atoms. The molecule has 0 bridgehead atoms. The summed E-state index contributed by atoms with van der Waals surface area (Å²) in [6, 6.07) is 4.34. The molecule has 5 nitrogen and oxygen atoms in total. The Morgan fingerprint density at radius 1 is 1.38 bits per heavy atom. The molecule has 0 aliphatic heterocycles. The molecule has 1 N–H and O–H groups in total. The van der Waals surface area contributed by atoms with E-state index in [0.717, 1.165) is 11.2 Å². The zero-order valence-corrected chi connectivity index (χ0v) is 13.7. The number of hydrogen-bond acceptors (Lipinski definition) is 5.